The Hall–Kier alpha value is -2.74. The van der Waals surface area contributed by atoms with E-state index in [1.165, 1.54) is 11.3 Å². The Morgan fingerprint density at radius 2 is 1.84 bits per heavy atom. The van der Waals surface area contributed by atoms with Gasteiger partial charge in [-0.3, -0.25) is 15.0 Å². The van der Waals surface area contributed by atoms with Crippen molar-refractivity contribution < 1.29 is 14.3 Å². The summed E-state index contributed by atoms with van der Waals surface area (Å²) < 4.78 is 11.2. The van der Waals surface area contributed by atoms with Crippen LogP contribution in [0.5, 0.6) is 5.75 Å². The highest BCUT2D eigenvalue weighted by Crippen LogP contribution is 2.32. The minimum Gasteiger partial charge on any atom is -0.493 e. The molecule has 1 aliphatic rings. The smallest absolute Gasteiger partial charge is 0.257 e. The molecule has 6 nitrogen and oxygen atoms in total. The van der Waals surface area contributed by atoms with Gasteiger partial charge >= 0.3 is 0 Å². The van der Waals surface area contributed by atoms with Crippen LogP contribution in [0.25, 0.3) is 11.3 Å². The van der Waals surface area contributed by atoms with Crippen molar-refractivity contribution in [3.63, 3.8) is 0 Å². The molecule has 0 atom stereocenters. The molecule has 4 rings (SSSR count). The predicted octanol–water partition coefficient (Wildman–Crippen LogP) is 4.93. The summed E-state index contributed by atoms with van der Waals surface area (Å²) in [5.74, 6) is 1.05. The zero-order chi connectivity index (χ0) is 22.3. The summed E-state index contributed by atoms with van der Waals surface area (Å²) in [4.78, 5) is 21.1. The zero-order valence-corrected chi connectivity index (χ0v) is 19.4. The van der Waals surface area contributed by atoms with Crippen molar-refractivity contribution in [3.05, 3.63) is 65.0 Å². The normalized spacial score (nSPS) is 14.5. The number of hydrogen-bond acceptors (Lipinski definition) is 6. The quantitative estimate of drug-likeness (QED) is 0.526. The van der Waals surface area contributed by atoms with Gasteiger partial charge in [0, 0.05) is 35.6 Å². The number of anilines is 1. The van der Waals surface area contributed by atoms with Crippen LogP contribution in [0.15, 0.2) is 54.6 Å². The third-order valence-corrected chi connectivity index (χ3v) is 6.09. The fourth-order valence-electron chi connectivity index (χ4n) is 3.43. The molecule has 1 fully saturated rings. The third kappa shape index (κ3) is 5.94. The maximum Gasteiger partial charge on any atom is 0.257 e. The van der Waals surface area contributed by atoms with E-state index >= 15 is 0 Å². The second-order valence-electron chi connectivity index (χ2n) is 8.23. The number of nitrogens with zero attached hydrogens (tertiary/aromatic N) is 2. The Morgan fingerprint density at radius 1 is 1.12 bits per heavy atom. The van der Waals surface area contributed by atoms with Crippen LogP contribution in [0.4, 0.5) is 5.13 Å². The van der Waals surface area contributed by atoms with Gasteiger partial charge in [-0.25, -0.2) is 4.98 Å². The van der Waals surface area contributed by atoms with E-state index in [9.17, 15) is 4.79 Å². The molecule has 0 radical (unpaired) electrons. The van der Waals surface area contributed by atoms with E-state index in [0.717, 1.165) is 54.7 Å². The first-order chi connectivity index (χ1) is 15.6. The first-order valence-corrected chi connectivity index (χ1v) is 11.8. The van der Waals surface area contributed by atoms with Crippen molar-refractivity contribution in [2.24, 2.45) is 5.92 Å². The number of carbonyl (C=O) groups is 1. The number of nitrogens with one attached hydrogen (secondary N) is 1. The highest BCUT2D eigenvalue weighted by Gasteiger charge is 2.19. The lowest BCUT2D eigenvalue weighted by Crippen LogP contribution is -2.35. The van der Waals surface area contributed by atoms with Gasteiger partial charge in [0.25, 0.3) is 5.91 Å². The fourth-order valence-corrected chi connectivity index (χ4v) is 4.45. The molecule has 1 N–H and O–H groups in total. The number of morpholine rings is 1. The van der Waals surface area contributed by atoms with Crippen LogP contribution in [0.3, 0.4) is 0 Å². The number of carbonyl (C=O) groups excluding carboxylic acids is 1. The van der Waals surface area contributed by atoms with Crippen molar-refractivity contribution in [3.8, 4) is 17.0 Å². The van der Waals surface area contributed by atoms with E-state index in [2.05, 4.69) is 36.2 Å². The van der Waals surface area contributed by atoms with Gasteiger partial charge in [0.15, 0.2) is 5.13 Å². The lowest BCUT2D eigenvalue weighted by molar-refractivity contribution is 0.0347. The van der Waals surface area contributed by atoms with Crippen LogP contribution in [-0.2, 0) is 11.3 Å². The summed E-state index contributed by atoms with van der Waals surface area (Å²) >= 11 is 1.54. The summed E-state index contributed by atoms with van der Waals surface area (Å²) in [5, 5.41) is 3.59. The van der Waals surface area contributed by atoms with E-state index in [-0.39, 0.29) is 5.91 Å². The van der Waals surface area contributed by atoms with Crippen LogP contribution >= 0.6 is 11.3 Å². The largest absolute Gasteiger partial charge is 0.493 e. The maximum absolute atomic E-state index is 12.8. The molecule has 2 heterocycles. The Labute approximate surface area is 193 Å². The molecular formula is C25H29N3O3S. The minimum atomic E-state index is -0.174. The molecule has 2 aromatic carbocycles. The molecule has 1 amide bonds. The predicted molar refractivity (Wildman–Crippen MR) is 128 cm³/mol. The summed E-state index contributed by atoms with van der Waals surface area (Å²) in [6.45, 7) is 8.96. The van der Waals surface area contributed by atoms with E-state index in [4.69, 9.17) is 14.5 Å². The molecule has 1 aliphatic heterocycles. The number of aromatic nitrogens is 1. The molecule has 3 aromatic rings. The average molecular weight is 452 g/mol. The monoisotopic (exact) mass is 451 g/mol. The summed E-state index contributed by atoms with van der Waals surface area (Å²) in [6.07, 6.45) is 0. The van der Waals surface area contributed by atoms with Gasteiger partial charge in [-0.1, -0.05) is 55.5 Å². The average Bonchev–Trinajstić information content (AvgIpc) is 3.21. The lowest BCUT2D eigenvalue weighted by Gasteiger charge is -2.26. The lowest BCUT2D eigenvalue weighted by atomic mass is 10.1. The van der Waals surface area contributed by atoms with Gasteiger partial charge in [0.05, 0.1) is 25.5 Å². The number of amides is 1. The van der Waals surface area contributed by atoms with Crippen molar-refractivity contribution in [1.82, 2.24) is 9.88 Å². The number of thiazole rings is 1. The molecule has 7 heteroatoms. The highest BCUT2D eigenvalue weighted by atomic mass is 32.1. The standard InChI is InChI=1S/C25H29N3O3S/c1-18(2)17-31-21-10-8-20(9-11-21)24(29)27-25-26-23(19-6-4-3-5-7-19)22(32-25)16-28-12-14-30-15-13-28/h3-11,18H,12-17H2,1-2H3,(H,26,27,29). The number of ether oxygens (including phenoxy) is 2. The highest BCUT2D eigenvalue weighted by molar-refractivity contribution is 7.16. The summed E-state index contributed by atoms with van der Waals surface area (Å²) in [5.41, 5.74) is 2.56. The Morgan fingerprint density at radius 3 is 2.53 bits per heavy atom. The molecule has 0 unspecified atom stereocenters. The molecule has 0 aliphatic carbocycles. The SMILES string of the molecule is CC(C)COc1ccc(C(=O)Nc2nc(-c3ccccc3)c(CN3CCOCC3)s2)cc1. The topological polar surface area (TPSA) is 63.7 Å². The van der Waals surface area contributed by atoms with E-state index in [1.54, 1.807) is 12.1 Å². The first-order valence-electron chi connectivity index (χ1n) is 11.0. The molecular weight excluding hydrogens is 422 g/mol. The van der Waals surface area contributed by atoms with Crippen molar-refractivity contribution >= 4 is 22.4 Å². The molecule has 0 spiro atoms. The van der Waals surface area contributed by atoms with Crippen LogP contribution in [-0.4, -0.2) is 48.7 Å². The fraction of sp³-hybridized carbons (Fsp3) is 0.360. The van der Waals surface area contributed by atoms with Gasteiger partial charge in [-0.05, 0) is 30.2 Å². The molecule has 1 saturated heterocycles. The van der Waals surface area contributed by atoms with Gasteiger partial charge in [0.1, 0.15) is 5.75 Å². The minimum absolute atomic E-state index is 0.174. The third-order valence-electron chi connectivity index (χ3n) is 5.14. The van der Waals surface area contributed by atoms with Gasteiger partial charge in [0.2, 0.25) is 0 Å². The Balaban J connectivity index is 1.49. The van der Waals surface area contributed by atoms with Crippen molar-refractivity contribution in [2.75, 3.05) is 38.2 Å². The van der Waals surface area contributed by atoms with Crippen LogP contribution in [0.2, 0.25) is 0 Å². The summed E-state index contributed by atoms with van der Waals surface area (Å²) in [7, 11) is 0. The Bertz CT molecular complexity index is 1010. The second kappa shape index (κ2) is 10.7. The second-order valence-corrected chi connectivity index (χ2v) is 9.31. The van der Waals surface area contributed by atoms with Crippen molar-refractivity contribution in [2.45, 2.75) is 20.4 Å². The van der Waals surface area contributed by atoms with E-state index < -0.39 is 0 Å². The first kappa shape index (κ1) is 22.5. The van der Waals surface area contributed by atoms with Crippen LogP contribution in [0.1, 0.15) is 29.1 Å². The molecule has 0 saturated carbocycles. The molecule has 1 aromatic heterocycles. The number of benzene rings is 2. The Kier molecular flexibility index (Phi) is 7.52. The molecule has 168 valence electrons. The number of hydrogen-bond donors (Lipinski definition) is 1. The van der Waals surface area contributed by atoms with Gasteiger partial charge in [-0.15, -0.1) is 0 Å². The van der Waals surface area contributed by atoms with Crippen molar-refractivity contribution in [1.29, 1.82) is 0 Å². The van der Waals surface area contributed by atoms with Gasteiger partial charge in [-0.2, -0.15) is 0 Å². The van der Waals surface area contributed by atoms with Gasteiger partial charge < -0.3 is 9.47 Å². The zero-order valence-electron chi connectivity index (χ0n) is 18.5. The van der Waals surface area contributed by atoms with E-state index in [1.807, 2.05) is 30.3 Å². The maximum atomic E-state index is 12.8. The van der Waals surface area contributed by atoms with E-state index in [0.29, 0.717) is 23.2 Å². The molecule has 32 heavy (non-hydrogen) atoms. The van der Waals surface area contributed by atoms with Crippen LogP contribution in [0, 0.1) is 5.92 Å². The van der Waals surface area contributed by atoms with Crippen LogP contribution < -0.4 is 10.1 Å². The summed E-state index contributed by atoms with van der Waals surface area (Å²) in [6, 6.07) is 17.4. The number of rotatable bonds is 8. The molecule has 0 bridgehead atoms.